The van der Waals surface area contributed by atoms with Gasteiger partial charge in [0, 0.05) is 6.04 Å². The van der Waals surface area contributed by atoms with Gasteiger partial charge in [-0.05, 0) is 30.4 Å². The number of nitrogens with two attached hydrogens (primary N) is 1. The average Bonchev–Trinajstić information content (AvgIpc) is 2.11. The monoisotopic (exact) mass is 185 g/mol. The Morgan fingerprint density at radius 2 is 2.08 bits per heavy atom. The Balaban J connectivity index is 3.84. The van der Waals surface area contributed by atoms with Gasteiger partial charge in [0.2, 0.25) is 0 Å². The van der Waals surface area contributed by atoms with E-state index in [0.717, 1.165) is 29.7 Å². The molecule has 2 heteroatoms. The van der Waals surface area contributed by atoms with Crippen molar-refractivity contribution in [2.75, 3.05) is 12.0 Å². The van der Waals surface area contributed by atoms with Crippen LogP contribution >= 0.6 is 11.8 Å². The Bertz CT molecular complexity index is 163. The van der Waals surface area contributed by atoms with E-state index in [1.807, 2.05) is 11.8 Å². The Morgan fingerprint density at radius 1 is 1.50 bits per heavy atom. The van der Waals surface area contributed by atoms with Crippen LogP contribution < -0.4 is 5.73 Å². The fourth-order valence-corrected chi connectivity index (χ4v) is 1.40. The van der Waals surface area contributed by atoms with E-state index < -0.39 is 0 Å². The normalized spacial score (nSPS) is 12.6. The molecule has 0 amide bonds. The van der Waals surface area contributed by atoms with Gasteiger partial charge >= 0.3 is 0 Å². The molecule has 12 heavy (non-hydrogen) atoms. The molecule has 70 valence electrons. The lowest BCUT2D eigenvalue weighted by Gasteiger charge is -2.15. The molecule has 1 atom stereocenters. The van der Waals surface area contributed by atoms with E-state index in [2.05, 4.69) is 26.3 Å². The Kier molecular flexibility index (Phi) is 6.21. The third-order valence-electron chi connectivity index (χ3n) is 1.96. The van der Waals surface area contributed by atoms with Gasteiger partial charge in [-0.25, -0.2) is 0 Å². The fraction of sp³-hybridized carbons (Fsp3) is 0.600. The zero-order valence-corrected chi connectivity index (χ0v) is 8.91. The minimum Gasteiger partial charge on any atom is -0.324 e. The Hall–Kier alpha value is -0.210. The number of hydrogen-bond donors (Lipinski definition) is 1. The van der Waals surface area contributed by atoms with Crippen molar-refractivity contribution in [3.8, 4) is 0 Å². The number of rotatable bonds is 6. The van der Waals surface area contributed by atoms with Crippen molar-refractivity contribution in [2.24, 2.45) is 5.73 Å². The Morgan fingerprint density at radius 3 is 2.50 bits per heavy atom. The Labute approximate surface area is 80.1 Å². The summed E-state index contributed by atoms with van der Waals surface area (Å²) < 4.78 is 0. The van der Waals surface area contributed by atoms with Crippen molar-refractivity contribution < 1.29 is 0 Å². The van der Waals surface area contributed by atoms with Crippen LogP contribution in [0.25, 0.3) is 0 Å². The van der Waals surface area contributed by atoms with Gasteiger partial charge in [0.25, 0.3) is 0 Å². The van der Waals surface area contributed by atoms with Crippen molar-refractivity contribution in [3.05, 3.63) is 24.3 Å². The zero-order chi connectivity index (χ0) is 9.56. The summed E-state index contributed by atoms with van der Waals surface area (Å²) >= 11 is 1.82. The molecular weight excluding hydrogens is 166 g/mol. The summed E-state index contributed by atoms with van der Waals surface area (Å²) in [7, 11) is 0. The lowest BCUT2D eigenvalue weighted by atomic mass is 9.99. The molecular formula is C10H19NS. The van der Waals surface area contributed by atoms with Crippen LogP contribution in [0.15, 0.2) is 24.3 Å². The molecule has 1 nitrogen and oxygen atoms in total. The van der Waals surface area contributed by atoms with Gasteiger partial charge in [0.05, 0.1) is 0 Å². The van der Waals surface area contributed by atoms with Crippen LogP contribution in [0.1, 0.15) is 19.8 Å². The smallest absolute Gasteiger partial charge is 0.0299 e. The molecule has 0 aliphatic rings. The fourth-order valence-electron chi connectivity index (χ4n) is 0.908. The third-order valence-corrected chi connectivity index (χ3v) is 2.61. The van der Waals surface area contributed by atoms with E-state index >= 15 is 0 Å². The van der Waals surface area contributed by atoms with Crippen molar-refractivity contribution in [1.29, 1.82) is 0 Å². The molecule has 0 saturated carbocycles. The van der Waals surface area contributed by atoms with E-state index in [-0.39, 0.29) is 6.04 Å². The maximum Gasteiger partial charge on any atom is 0.0299 e. The predicted molar refractivity (Wildman–Crippen MR) is 59.5 cm³/mol. The summed E-state index contributed by atoms with van der Waals surface area (Å²) in [5.74, 6) is 1.09. The van der Waals surface area contributed by atoms with Crippen molar-refractivity contribution in [2.45, 2.75) is 25.8 Å². The summed E-state index contributed by atoms with van der Waals surface area (Å²) in [6.07, 6.45) is 4.04. The zero-order valence-electron chi connectivity index (χ0n) is 8.10. The van der Waals surface area contributed by atoms with E-state index in [9.17, 15) is 0 Å². The molecule has 0 aliphatic heterocycles. The molecule has 0 aromatic rings. The summed E-state index contributed by atoms with van der Waals surface area (Å²) in [6.45, 7) is 9.94. The summed E-state index contributed by atoms with van der Waals surface area (Å²) in [6, 6.07) is 0.102. The maximum atomic E-state index is 5.91. The summed E-state index contributed by atoms with van der Waals surface area (Å²) in [5.41, 5.74) is 8.01. The topological polar surface area (TPSA) is 26.0 Å². The molecule has 0 radical (unpaired) electrons. The van der Waals surface area contributed by atoms with Crippen LogP contribution in [0.3, 0.4) is 0 Å². The molecule has 0 heterocycles. The van der Waals surface area contributed by atoms with E-state index in [1.165, 1.54) is 0 Å². The van der Waals surface area contributed by atoms with E-state index in [4.69, 9.17) is 5.73 Å². The first-order valence-corrected chi connectivity index (χ1v) is 5.64. The third kappa shape index (κ3) is 3.98. The quantitative estimate of drug-likeness (QED) is 0.644. The highest BCUT2D eigenvalue weighted by molar-refractivity contribution is 7.98. The van der Waals surface area contributed by atoms with Gasteiger partial charge < -0.3 is 5.73 Å². The number of thioether (sulfide) groups is 1. The largest absolute Gasteiger partial charge is 0.324 e. The van der Waals surface area contributed by atoms with Gasteiger partial charge in [-0.2, -0.15) is 11.8 Å². The molecule has 0 spiro atoms. The van der Waals surface area contributed by atoms with Crippen molar-refractivity contribution in [1.82, 2.24) is 0 Å². The molecule has 0 unspecified atom stereocenters. The number of hydrogen-bond acceptors (Lipinski definition) is 2. The molecule has 0 aromatic heterocycles. The SMILES string of the molecule is C=C(CC)C(=C)[C@@H](N)CCSC. The molecule has 0 aliphatic carbocycles. The molecule has 0 fully saturated rings. The van der Waals surface area contributed by atoms with Gasteiger partial charge in [-0.3, -0.25) is 0 Å². The highest BCUT2D eigenvalue weighted by Crippen LogP contribution is 2.15. The molecule has 0 aromatic carbocycles. The standard InChI is InChI=1S/C10H19NS/c1-5-8(2)9(3)10(11)6-7-12-4/h10H,2-3,5-7,11H2,1,4H3/t10-/m0/s1. The van der Waals surface area contributed by atoms with Crippen molar-refractivity contribution >= 4 is 11.8 Å². The first kappa shape index (κ1) is 11.8. The van der Waals surface area contributed by atoms with Gasteiger partial charge in [0.1, 0.15) is 0 Å². The maximum absolute atomic E-state index is 5.91. The highest BCUT2D eigenvalue weighted by atomic mass is 32.2. The molecule has 0 bridgehead atoms. The van der Waals surface area contributed by atoms with Crippen molar-refractivity contribution in [3.63, 3.8) is 0 Å². The minimum atomic E-state index is 0.102. The summed E-state index contributed by atoms with van der Waals surface area (Å²) in [4.78, 5) is 0. The van der Waals surface area contributed by atoms with Gasteiger partial charge in [-0.1, -0.05) is 25.7 Å². The van der Waals surface area contributed by atoms with Crippen LogP contribution in [-0.2, 0) is 0 Å². The minimum absolute atomic E-state index is 0.102. The van der Waals surface area contributed by atoms with Crippen LogP contribution in [-0.4, -0.2) is 18.1 Å². The second-order valence-corrected chi connectivity index (χ2v) is 3.86. The van der Waals surface area contributed by atoms with Crippen LogP contribution in [0.2, 0.25) is 0 Å². The van der Waals surface area contributed by atoms with Crippen LogP contribution in [0.4, 0.5) is 0 Å². The van der Waals surface area contributed by atoms with E-state index in [1.54, 1.807) is 0 Å². The predicted octanol–water partition coefficient (Wildman–Crippen LogP) is 2.59. The lowest BCUT2D eigenvalue weighted by molar-refractivity contribution is 0.749. The highest BCUT2D eigenvalue weighted by Gasteiger charge is 2.07. The van der Waals surface area contributed by atoms with Crippen LogP contribution in [0, 0.1) is 0 Å². The molecule has 0 saturated heterocycles. The second kappa shape index (κ2) is 6.32. The summed E-state index contributed by atoms with van der Waals surface area (Å²) in [5, 5.41) is 0. The van der Waals surface area contributed by atoms with Crippen LogP contribution in [0.5, 0.6) is 0 Å². The first-order chi connectivity index (χ1) is 5.63. The van der Waals surface area contributed by atoms with Gasteiger partial charge in [0.15, 0.2) is 0 Å². The second-order valence-electron chi connectivity index (χ2n) is 2.87. The molecule has 0 rings (SSSR count). The molecule has 2 N–H and O–H groups in total. The average molecular weight is 185 g/mol. The first-order valence-electron chi connectivity index (χ1n) is 4.24. The van der Waals surface area contributed by atoms with Gasteiger partial charge in [-0.15, -0.1) is 0 Å². The van der Waals surface area contributed by atoms with E-state index in [0.29, 0.717) is 0 Å². The lowest BCUT2D eigenvalue weighted by Crippen LogP contribution is -2.23.